The van der Waals surface area contributed by atoms with E-state index in [1.807, 2.05) is 0 Å². The van der Waals surface area contributed by atoms with Crippen molar-refractivity contribution in [2.75, 3.05) is 13.2 Å². The van der Waals surface area contributed by atoms with E-state index in [4.69, 9.17) is 4.74 Å². The molecule has 0 aromatic carbocycles. The van der Waals surface area contributed by atoms with Crippen LogP contribution in [-0.2, 0) is 4.74 Å². The van der Waals surface area contributed by atoms with Crippen LogP contribution in [0, 0.1) is 0 Å². The van der Waals surface area contributed by atoms with Crippen LogP contribution in [0.1, 0.15) is 39.5 Å². The van der Waals surface area contributed by atoms with E-state index in [0.29, 0.717) is 6.10 Å². The summed E-state index contributed by atoms with van der Waals surface area (Å²) in [6.45, 7) is 6.30. The molecule has 0 aromatic heterocycles. The van der Waals surface area contributed by atoms with Crippen LogP contribution < -0.4 is 5.32 Å². The third-order valence-electron chi connectivity index (χ3n) is 2.33. The Labute approximate surface area is 75.7 Å². The van der Waals surface area contributed by atoms with Gasteiger partial charge in [-0.3, -0.25) is 0 Å². The first-order chi connectivity index (χ1) is 5.79. The second-order valence-corrected chi connectivity index (χ2v) is 3.86. The molecule has 0 saturated carbocycles. The minimum absolute atomic E-state index is 0.383. The van der Waals surface area contributed by atoms with Gasteiger partial charge in [-0.25, -0.2) is 0 Å². The summed E-state index contributed by atoms with van der Waals surface area (Å²) in [5.41, 5.74) is 0. The van der Waals surface area contributed by atoms with Crippen LogP contribution in [0.25, 0.3) is 0 Å². The van der Waals surface area contributed by atoms with Crippen molar-refractivity contribution in [3.05, 3.63) is 0 Å². The maximum absolute atomic E-state index is 5.50. The van der Waals surface area contributed by atoms with E-state index in [1.54, 1.807) is 0 Å². The van der Waals surface area contributed by atoms with Gasteiger partial charge in [-0.1, -0.05) is 6.42 Å². The molecule has 72 valence electrons. The molecule has 1 N–H and O–H groups in total. The SMILES string of the molecule is CC(C)OCC[C@@H]1CCCCN1. The summed E-state index contributed by atoms with van der Waals surface area (Å²) in [7, 11) is 0. The molecule has 0 bridgehead atoms. The molecule has 1 rings (SSSR count). The minimum atomic E-state index is 0.383. The maximum atomic E-state index is 5.50. The second-order valence-electron chi connectivity index (χ2n) is 3.86. The fourth-order valence-electron chi connectivity index (χ4n) is 1.62. The molecule has 1 atom stereocenters. The van der Waals surface area contributed by atoms with Crippen molar-refractivity contribution < 1.29 is 4.74 Å². The van der Waals surface area contributed by atoms with Crippen LogP contribution in [0.2, 0.25) is 0 Å². The molecule has 12 heavy (non-hydrogen) atoms. The first-order valence-corrected chi connectivity index (χ1v) is 5.14. The van der Waals surface area contributed by atoms with Gasteiger partial charge in [0.15, 0.2) is 0 Å². The number of hydrogen-bond donors (Lipinski definition) is 1. The van der Waals surface area contributed by atoms with Crippen molar-refractivity contribution >= 4 is 0 Å². The van der Waals surface area contributed by atoms with Gasteiger partial charge in [-0.05, 0) is 39.7 Å². The highest BCUT2D eigenvalue weighted by atomic mass is 16.5. The Morgan fingerprint density at radius 1 is 1.42 bits per heavy atom. The highest BCUT2D eigenvalue weighted by molar-refractivity contribution is 4.71. The van der Waals surface area contributed by atoms with Gasteiger partial charge in [0.25, 0.3) is 0 Å². The molecule has 0 spiro atoms. The predicted molar refractivity (Wildman–Crippen MR) is 51.3 cm³/mol. The van der Waals surface area contributed by atoms with Crippen LogP contribution in [0.4, 0.5) is 0 Å². The average molecular weight is 171 g/mol. The lowest BCUT2D eigenvalue weighted by atomic mass is 10.0. The van der Waals surface area contributed by atoms with Gasteiger partial charge < -0.3 is 10.1 Å². The number of nitrogens with one attached hydrogen (secondary N) is 1. The standard InChI is InChI=1S/C10H21NO/c1-9(2)12-8-6-10-5-3-4-7-11-10/h9-11H,3-8H2,1-2H3/t10-/m0/s1. The van der Waals surface area contributed by atoms with Crippen LogP contribution >= 0.6 is 0 Å². The Morgan fingerprint density at radius 2 is 2.25 bits per heavy atom. The van der Waals surface area contributed by atoms with E-state index in [9.17, 15) is 0 Å². The molecule has 0 aromatic rings. The normalized spacial score (nSPS) is 24.8. The largest absolute Gasteiger partial charge is 0.379 e. The molecule has 1 aliphatic heterocycles. The van der Waals surface area contributed by atoms with Crippen molar-refractivity contribution in [1.82, 2.24) is 5.32 Å². The summed E-state index contributed by atoms with van der Waals surface area (Å²) in [6.07, 6.45) is 5.63. The molecule has 1 fully saturated rings. The lowest BCUT2D eigenvalue weighted by Gasteiger charge is -2.23. The summed E-state index contributed by atoms with van der Waals surface area (Å²) in [5, 5.41) is 3.51. The van der Waals surface area contributed by atoms with Gasteiger partial charge in [-0.2, -0.15) is 0 Å². The van der Waals surface area contributed by atoms with Gasteiger partial charge in [0, 0.05) is 12.6 Å². The van der Waals surface area contributed by atoms with Crippen molar-refractivity contribution in [2.24, 2.45) is 0 Å². The summed E-state index contributed by atoms with van der Waals surface area (Å²) in [4.78, 5) is 0. The van der Waals surface area contributed by atoms with Crippen molar-refractivity contribution in [3.63, 3.8) is 0 Å². The highest BCUT2D eigenvalue weighted by Gasteiger charge is 2.11. The van der Waals surface area contributed by atoms with E-state index >= 15 is 0 Å². The Bertz CT molecular complexity index is 108. The molecule has 1 saturated heterocycles. The quantitative estimate of drug-likeness (QED) is 0.698. The summed E-state index contributed by atoms with van der Waals surface area (Å²) >= 11 is 0. The number of hydrogen-bond acceptors (Lipinski definition) is 2. The molecule has 0 unspecified atom stereocenters. The smallest absolute Gasteiger partial charge is 0.0518 e. The minimum Gasteiger partial charge on any atom is -0.379 e. The molecule has 2 nitrogen and oxygen atoms in total. The Morgan fingerprint density at radius 3 is 2.83 bits per heavy atom. The fourth-order valence-corrected chi connectivity index (χ4v) is 1.62. The second kappa shape index (κ2) is 5.55. The van der Waals surface area contributed by atoms with Crippen LogP contribution in [-0.4, -0.2) is 25.3 Å². The first-order valence-electron chi connectivity index (χ1n) is 5.14. The molecule has 0 aliphatic carbocycles. The molecule has 1 aliphatic rings. The van der Waals surface area contributed by atoms with Crippen molar-refractivity contribution in [3.8, 4) is 0 Å². The lowest BCUT2D eigenvalue weighted by molar-refractivity contribution is 0.0697. The third kappa shape index (κ3) is 4.07. The molecule has 0 amide bonds. The lowest BCUT2D eigenvalue weighted by Crippen LogP contribution is -2.34. The van der Waals surface area contributed by atoms with Gasteiger partial charge in [0.2, 0.25) is 0 Å². The van der Waals surface area contributed by atoms with Gasteiger partial charge >= 0.3 is 0 Å². The number of rotatable bonds is 4. The topological polar surface area (TPSA) is 21.3 Å². The summed E-state index contributed by atoms with van der Waals surface area (Å²) in [5.74, 6) is 0. The highest BCUT2D eigenvalue weighted by Crippen LogP contribution is 2.10. The van der Waals surface area contributed by atoms with Crippen LogP contribution in [0.15, 0.2) is 0 Å². The first kappa shape index (κ1) is 10.0. The Kier molecular flexibility index (Phi) is 4.62. The zero-order chi connectivity index (χ0) is 8.81. The van der Waals surface area contributed by atoms with E-state index in [0.717, 1.165) is 12.6 Å². The third-order valence-corrected chi connectivity index (χ3v) is 2.33. The molecule has 0 radical (unpaired) electrons. The molecular formula is C10H21NO. The van der Waals surface area contributed by atoms with Gasteiger partial charge in [0.05, 0.1) is 6.10 Å². The van der Waals surface area contributed by atoms with Crippen LogP contribution in [0.5, 0.6) is 0 Å². The predicted octanol–water partition coefficient (Wildman–Crippen LogP) is 1.94. The van der Waals surface area contributed by atoms with Gasteiger partial charge in [-0.15, -0.1) is 0 Å². The Balaban J connectivity index is 1.98. The molecule has 2 heteroatoms. The Hall–Kier alpha value is -0.0800. The van der Waals surface area contributed by atoms with E-state index in [1.165, 1.54) is 32.2 Å². The zero-order valence-electron chi connectivity index (χ0n) is 8.31. The van der Waals surface area contributed by atoms with Crippen molar-refractivity contribution in [1.29, 1.82) is 0 Å². The van der Waals surface area contributed by atoms with E-state index in [-0.39, 0.29) is 0 Å². The zero-order valence-corrected chi connectivity index (χ0v) is 8.31. The van der Waals surface area contributed by atoms with Crippen LogP contribution in [0.3, 0.4) is 0 Å². The monoisotopic (exact) mass is 171 g/mol. The van der Waals surface area contributed by atoms with E-state index < -0.39 is 0 Å². The number of piperidine rings is 1. The fraction of sp³-hybridized carbons (Fsp3) is 1.00. The van der Waals surface area contributed by atoms with Crippen molar-refractivity contribution in [2.45, 2.75) is 51.7 Å². The van der Waals surface area contributed by atoms with Gasteiger partial charge in [0.1, 0.15) is 0 Å². The maximum Gasteiger partial charge on any atom is 0.0518 e. The summed E-state index contributed by atoms with van der Waals surface area (Å²) in [6, 6.07) is 0.720. The molecule has 1 heterocycles. The molecular weight excluding hydrogens is 150 g/mol. The van der Waals surface area contributed by atoms with E-state index in [2.05, 4.69) is 19.2 Å². The number of ether oxygens (including phenoxy) is 1. The summed E-state index contributed by atoms with van der Waals surface area (Å²) < 4.78 is 5.50. The average Bonchev–Trinajstić information content (AvgIpc) is 2.05.